The van der Waals surface area contributed by atoms with Gasteiger partial charge in [0.25, 0.3) is 0 Å². The molecule has 0 saturated carbocycles. The number of nitrogens with zero attached hydrogens (tertiary/aromatic N) is 2. The van der Waals surface area contributed by atoms with Gasteiger partial charge in [-0.05, 0) is 44.1 Å². The molecule has 5 nitrogen and oxygen atoms in total. The van der Waals surface area contributed by atoms with Gasteiger partial charge in [0, 0.05) is 23.7 Å². The van der Waals surface area contributed by atoms with Crippen LogP contribution in [0.3, 0.4) is 0 Å². The van der Waals surface area contributed by atoms with Crippen LogP contribution in [0.5, 0.6) is 0 Å². The quantitative estimate of drug-likeness (QED) is 0.333. The average molecular weight is 297 g/mol. The molecule has 1 aliphatic heterocycles. The number of benzene rings is 1. The number of halogens is 1. The molecule has 1 saturated heterocycles. The van der Waals surface area contributed by atoms with Gasteiger partial charge in [0.15, 0.2) is 5.84 Å². The fourth-order valence-corrected chi connectivity index (χ4v) is 2.76. The fraction of sp³-hybridized carbons (Fsp3) is 0.500. The van der Waals surface area contributed by atoms with Crippen LogP contribution in [0.2, 0.25) is 5.02 Å². The molecule has 1 fully saturated rings. The highest BCUT2D eigenvalue weighted by atomic mass is 35.5. The Labute approximate surface area is 124 Å². The maximum absolute atomic E-state index is 8.64. The Balaban J connectivity index is 1.87. The number of amidine groups is 1. The van der Waals surface area contributed by atoms with Crippen molar-refractivity contribution in [1.29, 1.82) is 0 Å². The second-order valence-electron chi connectivity index (χ2n) is 5.34. The topological polar surface area (TPSA) is 73.9 Å². The summed E-state index contributed by atoms with van der Waals surface area (Å²) < 4.78 is 0. The van der Waals surface area contributed by atoms with Crippen LogP contribution in [0, 0.1) is 5.92 Å². The van der Waals surface area contributed by atoms with Gasteiger partial charge in [0.1, 0.15) is 0 Å². The Bertz CT molecular complexity index is 492. The SMILES string of the molecule is CN1CCC(CNCc2ccc(/C(N)=N/O)cc2Cl)C1. The molecule has 1 atom stereocenters. The van der Waals surface area contributed by atoms with Crippen LogP contribution in [0.25, 0.3) is 0 Å². The van der Waals surface area contributed by atoms with Crippen molar-refractivity contribution in [1.82, 2.24) is 10.2 Å². The van der Waals surface area contributed by atoms with Crippen molar-refractivity contribution in [3.05, 3.63) is 34.3 Å². The fourth-order valence-electron chi connectivity index (χ4n) is 2.51. The van der Waals surface area contributed by atoms with Crippen molar-refractivity contribution in [3.63, 3.8) is 0 Å². The van der Waals surface area contributed by atoms with E-state index in [0.29, 0.717) is 10.6 Å². The van der Waals surface area contributed by atoms with Crippen molar-refractivity contribution in [2.75, 3.05) is 26.7 Å². The molecule has 0 aliphatic carbocycles. The van der Waals surface area contributed by atoms with Crippen molar-refractivity contribution in [2.24, 2.45) is 16.8 Å². The predicted octanol–water partition coefficient (Wildman–Crippen LogP) is 1.48. The molecule has 0 bridgehead atoms. The van der Waals surface area contributed by atoms with E-state index in [0.717, 1.165) is 31.1 Å². The van der Waals surface area contributed by atoms with Crippen molar-refractivity contribution >= 4 is 17.4 Å². The van der Waals surface area contributed by atoms with Crippen LogP contribution >= 0.6 is 11.6 Å². The standard InChI is InChI=1S/C14H21ClN4O/c1-19-5-4-10(9-19)7-17-8-12-3-2-11(6-13(12)15)14(16)18-20/h2-3,6,10,17,20H,4-5,7-9H2,1H3,(H2,16,18). The molecule has 1 unspecified atom stereocenters. The number of likely N-dealkylation sites (tertiary alicyclic amines) is 1. The third-order valence-electron chi connectivity index (χ3n) is 3.69. The lowest BCUT2D eigenvalue weighted by Crippen LogP contribution is -2.24. The first-order chi connectivity index (χ1) is 9.60. The number of nitrogens with two attached hydrogens (primary N) is 1. The molecule has 1 aromatic rings. The largest absolute Gasteiger partial charge is 0.409 e. The van der Waals surface area contributed by atoms with Crippen LogP contribution in [0.15, 0.2) is 23.4 Å². The van der Waals surface area contributed by atoms with Gasteiger partial charge in [-0.3, -0.25) is 0 Å². The van der Waals surface area contributed by atoms with Gasteiger partial charge in [-0.15, -0.1) is 0 Å². The molecule has 20 heavy (non-hydrogen) atoms. The third kappa shape index (κ3) is 3.85. The summed E-state index contributed by atoms with van der Waals surface area (Å²) >= 11 is 6.21. The molecule has 6 heteroatoms. The summed E-state index contributed by atoms with van der Waals surface area (Å²) in [5.41, 5.74) is 7.17. The van der Waals surface area contributed by atoms with Crippen LogP contribution in [0.4, 0.5) is 0 Å². The van der Waals surface area contributed by atoms with Crippen molar-refractivity contribution in [3.8, 4) is 0 Å². The number of nitrogens with one attached hydrogen (secondary N) is 1. The Morgan fingerprint density at radius 2 is 2.40 bits per heavy atom. The zero-order valence-electron chi connectivity index (χ0n) is 11.6. The Hall–Kier alpha value is -1.30. The number of oxime groups is 1. The molecule has 4 N–H and O–H groups in total. The molecular formula is C14H21ClN4O. The van der Waals surface area contributed by atoms with Crippen LogP contribution in [0.1, 0.15) is 17.5 Å². The Morgan fingerprint density at radius 3 is 3.00 bits per heavy atom. The van der Waals surface area contributed by atoms with Gasteiger partial charge in [-0.1, -0.05) is 28.9 Å². The summed E-state index contributed by atoms with van der Waals surface area (Å²) in [6.45, 7) is 4.07. The van der Waals surface area contributed by atoms with E-state index in [2.05, 4.69) is 22.4 Å². The molecule has 1 aliphatic rings. The second kappa shape index (κ2) is 6.92. The minimum absolute atomic E-state index is 0.0698. The van der Waals surface area contributed by atoms with E-state index < -0.39 is 0 Å². The lowest BCUT2D eigenvalue weighted by Gasteiger charge is -2.12. The van der Waals surface area contributed by atoms with Crippen LogP contribution in [-0.4, -0.2) is 42.6 Å². The Morgan fingerprint density at radius 1 is 1.60 bits per heavy atom. The second-order valence-corrected chi connectivity index (χ2v) is 5.75. The van der Waals surface area contributed by atoms with E-state index in [1.54, 1.807) is 12.1 Å². The smallest absolute Gasteiger partial charge is 0.170 e. The molecule has 110 valence electrons. The van der Waals surface area contributed by atoms with E-state index in [4.69, 9.17) is 22.5 Å². The number of hydrogen-bond donors (Lipinski definition) is 3. The first-order valence-corrected chi connectivity index (χ1v) is 7.13. The van der Waals surface area contributed by atoms with Crippen LogP contribution in [-0.2, 0) is 6.54 Å². The summed E-state index contributed by atoms with van der Waals surface area (Å²) in [4.78, 5) is 2.35. The highest BCUT2D eigenvalue weighted by molar-refractivity contribution is 6.31. The summed E-state index contributed by atoms with van der Waals surface area (Å²) in [7, 11) is 2.16. The van der Waals surface area contributed by atoms with E-state index in [-0.39, 0.29) is 5.84 Å². The van der Waals surface area contributed by atoms with E-state index in [9.17, 15) is 0 Å². The molecule has 0 radical (unpaired) electrons. The van der Waals surface area contributed by atoms with Gasteiger partial charge in [-0.25, -0.2) is 0 Å². The van der Waals surface area contributed by atoms with Crippen molar-refractivity contribution in [2.45, 2.75) is 13.0 Å². The molecule has 2 rings (SSSR count). The summed E-state index contributed by atoms with van der Waals surface area (Å²) in [5, 5.41) is 15.7. The lowest BCUT2D eigenvalue weighted by atomic mass is 10.1. The molecule has 1 heterocycles. The van der Waals surface area contributed by atoms with E-state index >= 15 is 0 Å². The highest BCUT2D eigenvalue weighted by Crippen LogP contribution is 2.18. The van der Waals surface area contributed by atoms with Gasteiger partial charge in [-0.2, -0.15) is 0 Å². The number of hydrogen-bond acceptors (Lipinski definition) is 4. The third-order valence-corrected chi connectivity index (χ3v) is 4.05. The van der Waals surface area contributed by atoms with Gasteiger partial charge >= 0.3 is 0 Å². The first kappa shape index (κ1) is 15.1. The molecule has 0 amide bonds. The van der Waals surface area contributed by atoms with Gasteiger partial charge in [0.2, 0.25) is 0 Å². The normalized spacial score (nSPS) is 20.5. The van der Waals surface area contributed by atoms with Crippen LogP contribution < -0.4 is 11.1 Å². The highest BCUT2D eigenvalue weighted by Gasteiger charge is 2.18. The minimum atomic E-state index is 0.0698. The van der Waals surface area contributed by atoms with Gasteiger partial charge in [0.05, 0.1) is 0 Å². The Kier molecular flexibility index (Phi) is 5.23. The van der Waals surface area contributed by atoms with Gasteiger partial charge < -0.3 is 21.2 Å². The summed E-state index contributed by atoms with van der Waals surface area (Å²) in [6, 6.07) is 5.43. The summed E-state index contributed by atoms with van der Waals surface area (Å²) in [6.07, 6.45) is 1.25. The predicted molar refractivity (Wildman–Crippen MR) is 81.3 cm³/mol. The zero-order valence-corrected chi connectivity index (χ0v) is 12.4. The molecule has 1 aromatic carbocycles. The first-order valence-electron chi connectivity index (χ1n) is 6.75. The van der Waals surface area contributed by atoms with E-state index in [1.807, 2.05) is 6.07 Å². The average Bonchev–Trinajstić information content (AvgIpc) is 2.85. The molecule has 0 spiro atoms. The zero-order chi connectivity index (χ0) is 14.5. The number of rotatable bonds is 5. The lowest BCUT2D eigenvalue weighted by molar-refractivity contribution is 0.318. The monoisotopic (exact) mass is 296 g/mol. The van der Waals surface area contributed by atoms with E-state index in [1.165, 1.54) is 13.0 Å². The maximum atomic E-state index is 8.64. The molecule has 0 aromatic heterocycles. The molecular weight excluding hydrogens is 276 g/mol. The minimum Gasteiger partial charge on any atom is -0.409 e. The summed E-state index contributed by atoms with van der Waals surface area (Å²) in [5.74, 6) is 0.788. The maximum Gasteiger partial charge on any atom is 0.170 e. The van der Waals surface area contributed by atoms with Crippen molar-refractivity contribution < 1.29 is 5.21 Å².